The molecule has 2 radical (unpaired) electrons. The molecule has 4 rings (SSSR count). The number of benzene rings is 3. The summed E-state index contributed by atoms with van der Waals surface area (Å²) in [5, 5.41) is 0. The monoisotopic (exact) mass is 308 g/mol. The Morgan fingerprint density at radius 2 is 1.17 bits per heavy atom. The highest BCUT2D eigenvalue weighted by molar-refractivity contribution is 6.18. The van der Waals surface area contributed by atoms with Crippen molar-refractivity contribution in [3.05, 3.63) is 115 Å². The minimum absolute atomic E-state index is 0.878. The summed E-state index contributed by atoms with van der Waals surface area (Å²) >= 11 is 0. The van der Waals surface area contributed by atoms with Gasteiger partial charge in [-0.1, -0.05) is 78.9 Å². The molecule has 0 saturated heterocycles. The molecule has 0 aromatic heterocycles. The summed E-state index contributed by atoms with van der Waals surface area (Å²) in [5.74, 6) is 0.878. The number of rotatable bonds is 3. The van der Waals surface area contributed by atoms with Gasteiger partial charge < -0.3 is 0 Å². The predicted octanol–water partition coefficient (Wildman–Crippen LogP) is 5.03. The van der Waals surface area contributed by atoms with Gasteiger partial charge in [0.1, 0.15) is 12.4 Å². The van der Waals surface area contributed by atoms with Crippen molar-refractivity contribution in [3.63, 3.8) is 0 Å². The summed E-state index contributed by atoms with van der Waals surface area (Å²) in [6, 6.07) is 30.9. The van der Waals surface area contributed by atoms with Crippen LogP contribution in [0.2, 0.25) is 0 Å². The Balaban J connectivity index is 1.85. The molecule has 1 heterocycles. The van der Waals surface area contributed by atoms with Crippen molar-refractivity contribution in [2.45, 2.75) is 0 Å². The SMILES string of the molecule is [C]1C=C(c2ccccc2)N(c2ccccc2)C(c2ccccc2)=N1. The maximum atomic E-state index is 4.55. The second-order valence-electron chi connectivity index (χ2n) is 5.50. The Morgan fingerprint density at radius 3 is 1.79 bits per heavy atom. The van der Waals surface area contributed by atoms with Crippen LogP contribution < -0.4 is 4.90 Å². The van der Waals surface area contributed by atoms with Gasteiger partial charge in [0.25, 0.3) is 0 Å². The fourth-order valence-electron chi connectivity index (χ4n) is 2.82. The maximum Gasteiger partial charge on any atom is 0.147 e. The zero-order valence-corrected chi connectivity index (χ0v) is 13.1. The molecule has 0 saturated carbocycles. The summed E-state index contributed by atoms with van der Waals surface area (Å²) < 4.78 is 0. The number of aliphatic imine (C=N–C) groups is 1. The number of hydrogen-bond donors (Lipinski definition) is 0. The number of amidine groups is 1. The third kappa shape index (κ3) is 2.74. The van der Waals surface area contributed by atoms with Gasteiger partial charge in [-0.2, -0.15) is 0 Å². The molecule has 0 atom stereocenters. The fraction of sp³-hybridized carbons (Fsp3) is 0. The fourth-order valence-corrected chi connectivity index (χ4v) is 2.82. The van der Waals surface area contributed by atoms with Crippen LogP contribution in [0, 0.1) is 6.54 Å². The van der Waals surface area contributed by atoms with E-state index in [4.69, 9.17) is 0 Å². The van der Waals surface area contributed by atoms with E-state index in [1.165, 1.54) is 0 Å². The van der Waals surface area contributed by atoms with Gasteiger partial charge in [0.15, 0.2) is 0 Å². The van der Waals surface area contributed by atoms with Gasteiger partial charge in [-0.05, 0) is 23.8 Å². The van der Waals surface area contributed by atoms with Crippen molar-refractivity contribution in [1.82, 2.24) is 0 Å². The van der Waals surface area contributed by atoms with E-state index in [2.05, 4.69) is 52.8 Å². The van der Waals surface area contributed by atoms with Gasteiger partial charge in [0, 0.05) is 11.3 Å². The second-order valence-corrected chi connectivity index (χ2v) is 5.50. The van der Waals surface area contributed by atoms with Crippen molar-refractivity contribution in [2.75, 3.05) is 4.90 Å². The van der Waals surface area contributed by atoms with Crippen molar-refractivity contribution in [3.8, 4) is 0 Å². The second kappa shape index (κ2) is 6.55. The minimum Gasteiger partial charge on any atom is -0.294 e. The Morgan fingerprint density at radius 1 is 0.625 bits per heavy atom. The van der Waals surface area contributed by atoms with Crippen molar-refractivity contribution < 1.29 is 0 Å². The van der Waals surface area contributed by atoms with E-state index in [1.807, 2.05) is 60.7 Å². The van der Waals surface area contributed by atoms with E-state index < -0.39 is 0 Å². The Kier molecular flexibility index (Phi) is 3.95. The molecule has 1 aliphatic rings. The first-order valence-corrected chi connectivity index (χ1v) is 7.93. The molecule has 0 fully saturated rings. The highest BCUT2D eigenvalue weighted by atomic mass is 15.2. The predicted molar refractivity (Wildman–Crippen MR) is 99.6 cm³/mol. The minimum atomic E-state index is 0.878. The van der Waals surface area contributed by atoms with E-state index in [1.54, 1.807) is 0 Å². The zero-order chi connectivity index (χ0) is 16.2. The van der Waals surface area contributed by atoms with Crippen LogP contribution in [0.15, 0.2) is 102 Å². The Bertz CT molecular complexity index is 810. The largest absolute Gasteiger partial charge is 0.294 e. The Labute approximate surface area is 142 Å². The summed E-state index contributed by atoms with van der Waals surface area (Å²) in [4.78, 5) is 6.73. The standard InChI is InChI=1S/C22H16N2/c1-4-10-18(11-5-1)21-16-17-23-22(19-12-6-2-7-13-19)24(21)20-14-8-3-9-15-20/h1-16H. The first-order valence-electron chi connectivity index (χ1n) is 7.93. The van der Waals surface area contributed by atoms with Crippen LogP contribution in [0.1, 0.15) is 11.1 Å². The van der Waals surface area contributed by atoms with E-state index in [0.717, 1.165) is 28.3 Å². The highest BCUT2D eigenvalue weighted by Crippen LogP contribution is 2.31. The lowest BCUT2D eigenvalue weighted by Crippen LogP contribution is -2.32. The molecular weight excluding hydrogens is 292 g/mol. The quantitative estimate of drug-likeness (QED) is 0.662. The molecule has 1 aliphatic heterocycles. The van der Waals surface area contributed by atoms with Gasteiger partial charge in [-0.3, -0.25) is 9.89 Å². The number of para-hydroxylation sites is 1. The van der Waals surface area contributed by atoms with Crippen molar-refractivity contribution in [1.29, 1.82) is 0 Å². The molecule has 0 bridgehead atoms. The number of nitrogens with zero attached hydrogens (tertiary/aromatic N) is 2. The van der Waals surface area contributed by atoms with Crippen LogP contribution in [-0.2, 0) is 0 Å². The van der Waals surface area contributed by atoms with Gasteiger partial charge in [-0.15, -0.1) is 0 Å². The van der Waals surface area contributed by atoms with Gasteiger partial charge in [-0.25, -0.2) is 0 Å². The molecule has 3 aromatic carbocycles. The van der Waals surface area contributed by atoms with Gasteiger partial charge in [0.05, 0.1) is 5.70 Å². The lowest BCUT2D eigenvalue weighted by Gasteiger charge is -2.31. The molecule has 2 nitrogen and oxygen atoms in total. The smallest absolute Gasteiger partial charge is 0.147 e. The lowest BCUT2D eigenvalue weighted by molar-refractivity contribution is 1.24. The average molecular weight is 308 g/mol. The van der Waals surface area contributed by atoms with Crippen LogP contribution >= 0.6 is 0 Å². The lowest BCUT2D eigenvalue weighted by atomic mass is 10.1. The van der Waals surface area contributed by atoms with Crippen LogP contribution in [0.3, 0.4) is 0 Å². The molecule has 114 valence electrons. The Hall–Kier alpha value is -3.13. The maximum absolute atomic E-state index is 4.55. The molecular formula is C22H16N2. The van der Waals surface area contributed by atoms with Gasteiger partial charge >= 0.3 is 0 Å². The topological polar surface area (TPSA) is 15.6 Å². The zero-order valence-electron chi connectivity index (χ0n) is 13.1. The number of hydrogen-bond acceptors (Lipinski definition) is 2. The summed E-state index contributed by atoms with van der Waals surface area (Å²) in [6.07, 6.45) is 1.94. The van der Waals surface area contributed by atoms with Crippen molar-refractivity contribution >= 4 is 17.2 Å². The van der Waals surface area contributed by atoms with Crippen LogP contribution in [0.5, 0.6) is 0 Å². The van der Waals surface area contributed by atoms with E-state index in [9.17, 15) is 0 Å². The van der Waals surface area contributed by atoms with Crippen LogP contribution in [0.25, 0.3) is 5.70 Å². The molecule has 2 heteroatoms. The summed E-state index contributed by atoms with van der Waals surface area (Å²) in [7, 11) is 0. The molecule has 0 N–H and O–H groups in total. The molecule has 3 aromatic rings. The molecule has 0 spiro atoms. The molecule has 24 heavy (non-hydrogen) atoms. The molecule has 0 aliphatic carbocycles. The average Bonchev–Trinajstić information content (AvgIpc) is 2.69. The first-order chi connectivity index (χ1) is 11.9. The highest BCUT2D eigenvalue weighted by Gasteiger charge is 2.23. The van der Waals surface area contributed by atoms with E-state index in [-0.39, 0.29) is 0 Å². The molecule has 0 unspecified atom stereocenters. The summed E-state index contributed by atoms with van der Waals surface area (Å²) in [6.45, 7) is 3.07. The first kappa shape index (κ1) is 14.5. The van der Waals surface area contributed by atoms with E-state index >= 15 is 0 Å². The summed E-state index contributed by atoms with van der Waals surface area (Å²) in [5.41, 5.74) is 4.35. The van der Waals surface area contributed by atoms with Crippen LogP contribution in [0.4, 0.5) is 5.69 Å². The van der Waals surface area contributed by atoms with Crippen LogP contribution in [-0.4, -0.2) is 5.84 Å². The number of anilines is 1. The van der Waals surface area contributed by atoms with E-state index in [0.29, 0.717) is 0 Å². The normalized spacial score (nSPS) is 14.1. The molecule has 0 amide bonds. The van der Waals surface area contributed by atoms with Gasteiger partial charge in [0.2, 0.25) is 0 Å². The van der Waals surface area contributed by atoms with Crippen molar-refractivity contribution in [2.24, 2.45) is 4.99 Å². The third-order valence-corrected chi connectivity index (χ3v) is 3.94. The third-order valence-electron chi connectivity index (χ3n) is 3.94.